The number of carbonyl (C=O) groups excluding carboxylic acids is 2. The Morgan fingerprint density at radius 2 is 2.19 bits per heavy atom. The maximum absolute atomic E-state index is 11.9. The molecule has 0 fully saturated rings. The lowest BCUT2D eigenvalue weighted by atomic mass is 10.2. The van der Waals surface area contributed by atoms with Gasteiger partial charge >= 0.3 is 0 Å². The van der Waals surface area contributed by atoms with Crippen LogP contribution in [0.1, 0.15) is 5.56 Å². The number of nitrogens with one attached hydrogen (secondary N) is 1. The third-order valence-corrected chi connectivity index (χ3v) is 2.71. The number of nitrogens with zero attached hydrogens (tertiary/aromatic N) is 1. The second-order valence-corrected chi connectivity index (χ2v) is 4.40. The lowest BCUT2D eigenvalue weighted by Gasteiger charge is -2.14. The summed E-state index contributed by atoms with van der Waals surface area (Å²) < 4.78 is 5.11. The van der Waals surface area contributed by atoms with Gasteiger partial charge in [-0.05, 0) is 23.8 Å². The number of hydrogen-bond donors (Lipinski definition) is 1. The number of amides is 2. The molecule has 0 heterocycles. The van der Waals surface area contributed by atoms with Gasteiger partial charge in [-0.3, -0.25) is 9.59 Å². The van der Waals surface area contributed by atoms with E-state index < -0.39 is 0 Å². The van der Waals surface area contributed by atoms with E-state index in [1.165, 1.54) is 11.0 Å². The highest BCUT2D eigenvalue weighted by Gasteiger charge is 2.09. The molecule has 0 saturated carbocycles. The van der Waals surface area contributed by atoms with Crippen LogP contribution in [0, 0.1) is 0 Å². The first kappa shape index (κ1) is 16.5. The van der Waals surface area contributed by atoms with Crippen molar-refractivity contribution in [1.82, 2.24) is 10.2 Å². The van der Waals surface area contributed by atoms with Gasteiger partial charge in [0.25, 0.3) is 0 Å². The first-order chi connectivity index (χ1) is 10.1. The maximum atomic E-state index is 11.9. The van der Waals surface area contributed by atoms with Crippen LogP contribution in [0.2, 0.25) is 0 Å². The van der Waals surface area contributed by atoms with Gasteiger partial charge in [0.15, 0.2) is 0 Å². The molecular weight excluding hydrogens is 268 g/mol. The molecule has 0 saturated heterocycles. The number of likely N-dealkylation sites (N-methyl/N-ethyl adjacent to an activating group) is 1. The summed E-state index contributed by atoms with van der Waals surface area (Å²) in [6.07, 6.45) is 4.70. The molecule has 112 valence electrons. The second-order valence-electron chi connectivity index (χ2n) is 4.40. The number of methoxy groups -OCH3 is 1. The molecule has 0 bridgehead atoms. The topological polar surface area (TPSA) is 58.6 Å². The van der Waals surface area contributed by atoms with Gasteiger partial charge in [-0.25, -0.2) is 0 Å². The Kier molecular flexibility index (Phi) is 6.74. The van der Waals surface area contributed by atoms with Crippen molar-refractivity contribution in [2.75, 3.05) is 27.2 Å². The standard InChI is InChI=1S/C16H20N2O3/c1-4-10-17-15(19)12-18(2)16(20)9-8-13-6-5-7-14(11-13)21-3/h4-9,11H,1,10,12H2,2-3H3,(H,17,19)/b9-8+. The van der Waals surface area contributed by atoms with E-state index in [9.17, 15) is 9.59 Å². The molecule has 0 unspecified atom stereocenters. The van der Waals surface area contributed by atoms with Crippen LogP contribution in [0.15, 0.2) is 43.0 Å². The fourth-order valence-electron chi connectivity index (χ4n) is 1.58. The Morgan fingerprint density at radius 1 is 1.43 bits per heavy atom. The number of benzene rings is 1. The van der Waals surface area contributed by atoms with Gasteiger partial charge in [0.2, 0.25) is 11.8 Å². The minimum Gasteiger partial charge on any atom is -0.497 e. The number of hydrogen-bond acceptors (Lipinski definition) is 3. The van der Waals surface area contributed by atoms with Gasteiger partial charge in [0.1, 0.15) is 5.75 Å². The first-order valence-electron chi connectivity index (χ1n) is 6.51. The van der Waals surface area contributed by atoms with Gasteiger partial charge in [-0.2, -0.15) is 0 Å². The molecule has 0 aliphatic carbocycles. The molecule has 1 rings (SSSR count). The zero-order valence-corrected chi connectivity index (χ0v) is 12.3. The highest BCUT2D eigenvalue weighted by atomic mass is 16.5. The molecule has 0 aromatic heterocycles. The van der Waals surface area contributed by atoms with Crippen LogP contribution in [0.3, 0.4) is 0 Å². The molecule has 1 N–H and O–H groups in total. The average Bonchev–Trinajstić information content (AvgIpc) is 2.50. The van der Waals surface area contributed by atoms with Crippen LogP contribution in [0.25, 0.3) is 6.08 Å². The minimum atomic E-state index is -0.244. The van der Waals surface area contributed by atoms with Crippen LogP contribution < -0.4 is 10.1 Å². The number of rotatable bonds is 7. The van der Waals surface area contributed by atoms with E-state index >= 15 is 0 Å². The van der Waals surface area contributed by atoms with E-state index in [0.29, 0.717) is 6.54 Å². The third kappa shape index (κ3) is 5.95. The second kappa shape index (κ2) is 8.58. The summed E-state index contributed by atoms with van der Waals surface area (Å²) in [4.78, 5) is 24.7. The molecule has 0 aliphatic heterocycles. The van der Waals surface area contributed by atoms with Crippen LogP contribution in [0.5, 0.6) is 5.75 Å². The zero-order valence-electron chi connectivity index (χ0n) is 12.3. The lowest BCUT2D eigenvalue weighted by Crippen LogP contribution is -2.37. The molecule has 1 aromatic carbocycles. The highest BCUT2D eigenvalue weighted by molar-refractivity contribution is 5.94. The van der Waals surface area contributed by atoms with Crippen molar-refractivity contribution in [1.29, 1.82) is 0 Å². The quantitative estimate of drug-likeness (QED) is 0.610. The van der Waals surface area contributed by atoms with Crippen molar-refractivity contribution in [3.05, 3.63) is 48.6 Å². The fraction of sp³-hybridized carbons (Fsp3) is 0.250. The summed E-state index contributed by atoms with van der Waals surface area (Å²) in [7, 11) is 3.16. The van der Waals surface area contributed by atoms with Crippen molar-refractivity contribution >= 4 is 17.9 Å². The lowest BCUT2D eigenvalue weighted by molar-refractivity contribution is -0.131. The first-order valence-corrected chi connectivity index (χ1v) is 6.51. The summed E-state index contributed by atoms with van der Waals surface area (Å²) in [5.74, 6) is 0.258. The average molecular weight is 288 g/mol. The van der Waals surface area contributed by atoms with Crippen molar-refractivity contribution < 1.29 is 14.3 Å². The molecule has 5 nitrogen and oxygen atoms in total. The van der Waals surface area contributed by atoms with Crippen LogP contribution in [-0.4, -0.2) is 44.0 Å². The van der Waals surface area contributed by atoms with Crippen molar-refractivity contribution in [3.63, 3.8) is 0 Å². The molecule has 0 atom stereocenters. The Labute approximate surface area is 124 Å². The summed E-state index contributed by atoms with van der Waals surface area (Å²) in [6, 6.07) is 7.36. The predicted octanol–water partition coefficient (Wildman–Crippen LogP) is 1.47. The summed E-state index contributed by atoms with van der Waals surface area (Å²) >= 11 is 0. The van der Waals surface area contributed by atoms with E-state index in [2.05, 4.69) is 11.9 Å². The highest BCUT2D eigenvalue weighted by Crippen LogP contribution is 2.13. The Bertz CT molecular complexity index is 538. The van der Waals surface area contributed by atoms with Crippen LogP contribution in [-0.2, 0) is 9.59 Å². The van der Waals surface area contributed by atoms with Crippen LogP contribution in [0.4, 0.5) is 0 Å². The van der Waals surface area contributed by atoms with E-state index in [0.717, 1.165) is 11.3 Å². The number of ether oxygens (including phenoxy) is 1. The summed E-state index contributed by atoms with van der Waals surface area (Å²) in [6.45, 7) is 3.91. The van der Waals surface area contributed by atoms with Gasteiger partial charge in [-0.15, -0.1) is 6.58 Å². The third-order valence-electron chi connectivity index (χ3n) is 2.71. The van der Waals surface area contributed by atoms with Gasteiger partial charge in [0.05, 0.1) is 13.7 Å². The van der Waals surface area contributed by atoms with Crippen LogP contribution >= 0.6 is 0 Å². The van der Waals surface area contributed by atoms with E-state index in [4.69, 9.17) is 4.74 Å². The fourth-order valence-corrected chi connectivity index (χ4v) is 1.58. The van der Waals surface area contributed by atoms with E-state index in [1.807, 2.05) is 24.3 Å². The minimum absolute atomic E-state index is 0.00905. The van der Waals surface area contributed by atoms with E-state index in [-0.39, 0.29) is 18.4 Å². The predicted molar refractivity (Wildman–Crippen MR) is 82.9 cm³/mol. The Morgan fingerprint density at radius 3 is 2.86 bits per heavy atom. The Hall–Kier alpha value is -2.56. The van der Waals surface area contributed by atoms with Gasteiger partial charge in [-0.1, -0.05) is 18.2 Å². The van der Waals surface area contributed by atoms with Crippen molar-refractivity contribution in [2.24, 2.45) is 0 Å². The molecule has 5 heteroatoms. The van der Waals surface area contributed by atoms with Crippen molar-refractivity contribution in [2.45, 2.75) is 0 Å². The molecule has 1 aromatic rings. The molecule has 0 aliphatic rings. The molecule has 0 radical (unpaired) electrons. The molecular formula is C16H20N2O3. The monoisotopic (exact) mass is 288 g/mol. The largest absolute Gasteiger partial charge is 0.497 e. The molecule has 21 heavy (non-hydrogen) atoms. The SMILES string of the molecule is C=CCNC(=O)CN(C)C(=O)/C=C/c1cccc(OC)c1. The van der Waals surface area contributed by atoms with Crippen molar-refractivity contribution in [3.8, 4) is 5.75 Å². The summed E-state index contributed by atoms with van der Waals surface area (Å²) in [5.41, 5.74) is 0.854. The number of carbonyl (C=O) groups is 2. The molecule has 2 amide bonds. The normalized spacial score (nSPS) is 10.2. The zero-order chi connectivity index (χ0) is 15.7. The molecule has 0 spiro atoms. The maximum Gasteiger partial charge on any atom is 0.246 e. The summed E-state index contributed by atoms with van der Waals surface area (Å²) in [5, 5.41) is 2.62. The smallest absolute Gasteiger partial charge is 0.246 e. The van der Waals surface area contributed by atoms with E-state index in [1.54, 1.807) is 26.3 Å². The Balaban J connectivity index is 2.56. The van der Waals surface area contributed by atoms with Gasteiger partial charge in [0, 0.05) is 19.7 Å². The van der Waals surface area contributed by atoms with Gasteiger partial charge < -0.3 is 15.0 Å².